The fourth-order valence-corrected chi connectivity index (χ4v) is 3.46. The van der Waals surface area contributed by atoms with Crippen LogP contribution >= 0.6 is 0 Å². The van der Waals surface area contributed by atoms with Gasteiger partial charge in [0.1, 0.15) is 0 Å². The maximum absolute atomic E-state index is 12.3. The van der Waals surface area contributed by atoms with E-state index < -0.39 is 6.10 Å². The van der Waals surface area contributed by atoms with Gasteiger partial charge in [0.2, 0.25) is 0 Å². The molecule has 1 aliphatic carbocycles. The number of carbonyl (C=O) groups excluding carboxylic acids is 1. The molecule has 1 atom stereocenters. The van der Waals surface area contributed by atoms with Crippen molar-refractivity contribution in [2.75, 3.05) is 13.1 Å². The van der Waals surface area contributed by atoms with E-state index in [4.69, 9.17) is 0 Å². The quantitative estimate of drug-likeness (QED) is 0.574. The third kappa shape index (κ3) is 4.27. The van der Waals surface area contributed by atoms with Crippen LogP contribution in [0.5, 0.6) is 0 Å². The second-order valence-electron chi connectivity index (χ2n) is 7.03. The Balaban J connectivity index is 1.22. The molecule has 1 aliphatic rings. The summed E-state index contributed by atoms with van der Waals surface area (Å²) in [6.07, 6.45) is 7.80. The van der Waals surface area contributed by atoms with Crippen LogP contribution in [0.1, 0.15) is 21.5 Å². The molecule has 7 heteroatoms. The van der Waals surface area contributed by atoms with Gasteiger partial charge in [-0.2, -0.15) is 5.10 Å². The molecule has 1 aromatic carbocycles. The van der Waals surface area contributed by atoms with Crippen molar-refractivity contribution in [2.45, 2.75) is 25.0 Å². The highest BCUT2D eigenvalue weighted by atomic mass is 16.3. The second kappa shape index (κ2) is 8.33. The number of pyridine rings is 1. The van der Waals surface area contributed by atoms with Crippen molar-refractivity contribution in [1.82, 2.24) is 25.4 Å². The third-order valence-electron chi connectivity index (χ3n) is 4.95. The van der Waals surface area contributed by atoms with Crippen LogP contribution in [0.15, 0.2) is 61.2 Å². The van der Waals surface area contributed by atoms with E-state index in [0.717, 1.165) is 18.5 Å². The molecule has 3 aromatic rings. The molecule has 0 spiro atoms. The number of hydrogen-bond donors (Lipinski definition) is 3. The van der Waals surface area contributed by atoms with Crippen LogP contribution in [-0.2, 0) is 12.8 Å². The van der Waals surface area contributed by atoms with E-state index in [1.807, 2.05) is 12.1 Å². The largest absolute Gasteiger partial charge is 0.390 e. The van der Waals surface area contributed by atoms with E-state index >= 15 is 0 Å². The minimum Gasteiger partial charge on any atom is -0.390 e. The first-order valence-corrected chi connectivity index (χ1v) is 9.40. The average Bonchev–Trinajstić information content (AvgIpc) is 3.38. The average molecular weight is 377 g/mol. The summed E-state index contributed by atoms with van der Waals surface area (Å²) >= 11 is 0. The molecule has 7 nitrogen and oxygen atoms in total. The number of nitrogens with zero attached hydrogens (tertiary/aromatic N) is 3. The van der Waals surface area contributed by atoms with Crippen molar-refractivity contribution < 1.29 is 9.90 Å². The van der Waals surface area contributed by atoms with Gasteiger partial charge in [-0.05, 0) is 36.1 Å². The monoisotopic (exact) mass is 377 g/mol. The first-order chi connectivity index (χ1) is 13.7. The lowest BCUT2D eigenvalue weighted by Crippen LogP contribution is -2.41. The molecule has 144 valence electrons. The van der Waals surface area contributed by atoms with Crippen molar-refractivity contribution in [3.8, 4) is 5.69 Å². The summed E-state index contributed by atoms with van der Waals surface area (Å²) in [5, 5.41) is 20.5. The second-order valence-corrected chi connectivity index (χ2v) is 7.03. The molecule has 0 radical (unpaired) electrons. The van der Waals surface area contributed by atoms with Gasteiger partial charge in [0, 0.05) is 31.5 Å². The molecule has 0 aliphatic heterocycles. The fourth-order valence-electron chi connectivity index (χ4n) is 3.46. The first-order valence-electron chi connectivity index (χ1n) is 9.40. The molecule has 0 bridgehead atoms. The SMILES string of the molecule is O=C(NCC(O)CNC1Cc2ccccc2C1)c1cnn(-c2cccnc2)c1. The molecule has 1 amide bonds. The van der Waals surface area contributed by atoms with E-state index in [1.54, 1.807) is 23.3 Å². The highest BCUT2D eigenvalue weighted by molar-refractivity contribution is 5.93. The van der Waals surface area contributed by atoms with Gasteiger partial charge in [0.25, 0.3) is 5.91 Å². The van der Waals surface area contributed by atoms with Gasteiger partial charge in [0.05, 0.1) is 29.7 Å². The summed E-state index contributed by atoms with van der Waals surface area (Å²) in [4.78, 5) is 16.3. The Morgan fingerprint density at radius 2 is 1.93 bits per heavy atom. The van der Waals surface area contributed by atoms with Gasteiger partial charge in [0.15, 0.2) is 0 Å². The molecular weight excluding hydrogens is 354 g/mol. The summed E-state index contributed by atoms with van der Waals surface area (Å²) in [6, 6.07) is 12.4. The lowest BCUT2D eigenvalue weighted by atomic mass is 10.1. The van der Waals surface area contributed by atoms with E-state index in [2.05, 4.69) is 45.0 Å². The van der Waals surface area contributed by atoms with Gasteiger partial charge < -0.3 is 15.7 Å². The molecule has 2 aromatic heterocycles. The minimum atomic E-state index is -0.652. The van der Waals surface area contributed by atoms with Crippen molar-refractivity contribution in [3.05, 3.63) is 77.9 Å². The highest BCUT2D eigenvalue weighted by Crippen LogP contribution is 2.21. The van der Waals surface area contributed by atoms with E-state index in [9.17, 15) is 9.90 Å². The van der Waals surface area contributed by atoms with Gasteiger partial charge in [-0.25, -0.2) is 4.68 Å². The summed E-state index contributed by atoms with van der Waals surface area (Å²) in [7, 11) is 0. The van der Waals surface area contributed by atoms with Gasteiger partial charge in [-0.15, -0.1) is 0 Å². The molecule has 1 unspecified atom stereocenters. The third-order valence-corrected chi connectivity index (χ3v) is 4.95. The number of amides is 1. The number of benzene rings is 1. The molecule has 28 heavy (non-hydrogen) atoms. The normalized spacial score (nSPS) is 14.6. The molecule has 0 saturated heterocycles. The molecule has 0 saturated carbocycles. The van der Waals surface area contributed by atoms with Crippen LogP contribution in [0.4, 0.5) is 0 Å². The summed E-state index contributed by atoms with van der Waals surface area (Å²) in [6.45, 7) is 0.622. The molecule has 3 N–H and O–H groups in total. The Morgan fingerprint density at radius 1 is 1.14 bits per heavy atom. The lowest BCUT2D eigenvalue weighted by Gasteiger charge is -2.16. The first kappa shape index (κ1) is 18.3. The van der Waals surface area contributed by atoms with Crippen LogP contribution in [0.25, 0.3) is 5.69 Å². The minimum absolute atomic E-state index is 0.184. The molecular formula is C21H23N5O2. The number of aliphatic hydroxyl groups excluding tert-OH is 1. The van der Waals surface area contributed by atoms with Crippen LogP contribution in [-0.4, -0.2) is 51.0 Å². The number of rotatable bonds is 7. The molecule has 0 fully saturated rings. The zero-order chi connectivity index (χ0) is 19.3. The number of aliphatic hydroxyl groups is 1. The van der Waals surface area contributed by atoms with E-state index in [1.165, 1.54) is 17.3 Å². The van der Waals surface area contributed by atoms with Crippen molar-refractivity contribution in [3.63, 3.8) is 0 Å². The number of hydrogen-bond acceptors (Lipinski definition) is 5. The van der Waals surface area contributed by atoms with Crippen LogP contribution < -0.4 is 10.6 Å². The van der Waals surface area contributed by atoms with Crippen molar-refractivity contribution >= 4 is 5.91 Å². The van der Waals surface area contributed by atoms with Crippen molar-refractivity contribution in [1.29, 1.82) is 0 Å². The van der Waals surface area contributed by atoms with Gasteiger partial charge in [-0.1, -0.05) is 24.3 Å². The summed E-state index contributed by atoms with van der Waals surface area (Å²) in [5.74, 6) is -0.262. The predicted molar refractivity (Wildman–Crippen MR) is 105 cm³/mol. The Kier molecular flexibility index (Phi) is 5.45. The molecule has 2 heterocycles. The Morgan fingerprint density at radius 3 is 2.64 bits per heavy atom. The van der Waals surface area contributed by atoms with E-state index in [-0.39, 0.29) is 12.5 Å². The standard InChI is InChI=1S/C21H23N5O2/c27-20(12-23-18-8-15-4-1-2-5-16(15)9-18)13-24-21(28)17-10-25-26(14-17)19-6-3-7-22-11-19/h1-7,10-11,14,18,20,23,27H,8-9,12-13H2,(H,24,28). The van der Waals surface area contributed by atoms with Crippen LogP contribution in [0.3, 0.4) is 0 Å². The Labute approximate surface area is 163 Å². The Bertz CT molecular complexity index is 916. The number of nitrogens with one attached hydrogen (secondary N) is 2. The topological polar surface area (TPSA) is 92.1 Å². The smallest absolute Gasteiger partial charge is 0.254 e. The zero-order valence-electron chi connectivity index (χ0n) is 15.5. The number of fused-ring (bicyclic) bond motifs is 1. The highest BCUT2D eigenvalue weighted by Gasteiger charge is 2.21. The van der Waals surface area contributed by atoms with E-state index in [0.29, 0.717) is 18.2 Å². The van der Waals surface area contributed by atoms with Crippen LogP contribution in [0.2, 0.25) is 0 Å². The maximum atomic E-state index is 12.3. The number of carbonyl (C=O) groups is 1. The maximum Gasteiger partial charge on any atom is 0.254 e. The fraction of sp³-hybridized carbons (Fsp3) is 0.286. The van der Waals surface area contributed by atoms with Crippen LogP contribution in [0, 0.1) is 0 Å². The zero-order valence-corrected chi connectivity index (χ0v) is 15.5. The van der Waals surface area contributed by atoms with Crippen molar-refractivity contribution in [2.24, 2.45) is 0 Å². The Hall–Kier alpha value is -3.03. The number of aromatic nitrogens is 3. The van der Waals surface area contributed by atoms with Gasteiger partial charge >= 0.3 is 0 Å². The van der Waals surface area contributed by atoms with Gasteiger partial charge in [-0.3, -0.25) is 9.78 Å². The summed E-state index contributed by atoms with van der Waals surface area (Å²) < 4.78 is 1.59. The molecule has 4 rings (SSSR count). The summed E-state index contributed by atoms with van der Waals surface area (Å²) in [5.41, 5.74) is 3.96. The lowest BCUT2D eigenvalue weighted by molar-refractivity contribution is 0.0914. The predicted octanol–water partition coefficient (Wildman–Crippen LogP) is 1.11.